The Hall–Kier alpha value is -3.65. The molecule has 1 aliphatic rings. The fourth-order valence-corrected chi connectivity index (χ4v) is 5.82. The lowest BCUT2D eigenvalue weighted by molar-refractivity contribution is 0.0519. The summed E-state index contributed by atoms with van der Waals surface area (Å²) in [7, 11) is 0. The Labute approximate surface area is 251 Å². The van der Waals surface area contributed by atoms with Gasteiger partial charge in [-0.2, -0.15) is 4.98 Å². The number of carbonyl (C=O) groups is 1. The van der Waals surface area contributed by atoms with Crippen molar-refractivity contribution >= 4 is 74.1 Å². The number of anilines is 3. The predicted octanol–water partition coefficient (Wildman–Crippen LogP) is 4.27. The Kier molecular flexibility index (Phi) is 9.39. The fraction of sp³-hybridized carbons (Fsp3) is 0.346. The first-order chi connectivity index (χ1) is 20.0. The molecular weight excluding hydrogens is 658 g/mol. The maximum atomic E-state index is 11.8. The van der Waals surface area contributed by atoms with Gasteiger partial charge in [-0.25, -0.2) is 29.7 Å². The van der Waals surface area contributed by atoms with E-state index in [0.29, 0.717) is 30.3 Å². The summed E-state index contributed by atoms with van der Waals surface area (Å²) in [6.45, 7) is 7.23. The van der Waals surface area contributed by atoms with Crippen LogP contribution in [0.25, 0.3) is 22.1 Å². The van der Waals surface area contributed by atoms with Crippen LogP contribution in [0.15, 0.2) is 47.6 Å². The molecule has 41 heavy (non-hydrogen) atoms. The van der Waals surface area contributed by atoms with Gasteiger partial charge in [0.1, 0.15) is 30.6 Å². The number of hydrogen-bond donors (Lipinski definition) is 1. The number of piperazine rings is 1. The summed E-state index contributed by atoms with van der Waals surface area (Å²) in [5.74, 6) is 1.85. The Morgan fingerprint density at radius 3 is 2.61 bits per heavy atom. The quantitative estimate of drug-likeness (QED) is 0.148. The van der Waals surface area contributed by atoms with Crippen molar-refractivity contribution in [2.45, 2.75) is 26.7 Å². The molecule has 0 bridgehead atoms. The van der Waals surface area contributed by atoms with Crippen LogP contribution in [0.3, 0.4) is 0 Å². The summed E-state index contributed by atoms with van der Waals surface area (Å²) in [6.07, 6.45) is 6.99. The number of halogens is 1. The van der Waals surface area contributed by atoms with Gasteiger partial charge in [-0.1, -0.05) is 19.1 Å². The second-order valence-corrected chi connectivity index (χ2v) is 11.2. The highest BCUT2D eigenvalue weighted by molar-refractivity contribution is 14.2. The molecule has 0 aliphatic carbocycles. The fourth-order valence-electron chi connectivity index (χ4n) is 4.42. The van der Waals surface area contributed by atoms with Gasteiger partial charge in [-0.05, 0) is 47.5 Å². The van der Waals surface area contributed by atoms with Crippen LogP contribution < -0.4 is 15.5 Å². The number of oxazole rings is 1. The molecule has 1 fully saturated rings. The number of para-hydroxylation sites is 1. The van der Waals surface area contributed by atoms with Crippen LogP contribution in [0.4, 0.5) is 17.7 Å². The second-order valence-electron chi connectivity index (χ2n) is 9.07. The van der Waals surface area contributed by atoms with Gasteiger partial charge >= 0.3 is 5.97 Å². The minimum Gasteiger partial charge on any atom is -0.461 e. The van der Waals surface area contributed by atoms with E-state index in [1.165, 1.54) is 12.6 Å². The van der Waals surface area contributed by atoms with E-state index in [0.717, 1.165) is 67.2 Å². The van der Waals surface area contributed by atoms with Gasteiger partial charge in [0, 0.05) is 38.0 Å². The SMILES string of the molecule is CCCc1nc(N2CCN(c3nc(C(=O)OCC)co3)CC2)c2ccccc2n1.Nc1ncnc2c1ncn2PI. The molecule has 0 radical (unpaired) electrons. The van der Waals surface area contributed by atoms with Crippen LogP contribution in [0.1, 0.15) is 36.6 Å². The molecule has 15 heteroatoms. The molecule has 4 aromatic heterocycles. The average Bonchev–Trinajstić information content (AvgIpc) is 3.66. The van der Waals surface area contributed by atoms with Crippen molar-refractivity contribution in [3.05, 3.63) is 54.7 Å². The summed E-state index contributed by atoms with van der Waals surface area (Å²) in [4.78, 5) is 42.0. The number of fused-ring (bicyclic) bond motifs is 2. The summed E-state index contributed by atoms with van der Waals surface area (Å²) in [6, 6.07) is 8.60. The summed E-state index contributed by atoms with van der Waals surface area (Å²) >= 11 is 2.26. The van der Waals surface area contributed by atoms with E-state index in [-0.39, 0.29) is 5.69 Å². The first-order valence-electron chi connectivity index (χ1n) is 13.2. The van der Waals surface area contributed by atoms with Gasteiger partial charge in [0.15, 0.2) is 22.7 Å². The summed E-state index contributed by atoms with van der Waals surface area (Å²) in [5, 5.41) is 1.07. The number of benzene rings is 1. The molecule has 5 aromatic rings. The predicted molar refractivity (Wildman–Crippen MR) is 168 cm³/mol. The second kappa shape index (κ2) is 13.3. The molecule has 0 amide bonds. The number of nitrogens with two attached hydrogens (primary N) is 1. The van der Waals surface area contributed by atoms with Crippen molar-refractivity contribution < 1.29 is 13.9 Å². The lowest BCUT2D eigenvalue weighted by Gasteiger charge is -2.35. The third kappa shape index (κ3) is 6.48. The Morgan fingerprint density at radius 1 is 1.07 bits per heavy atom. The van der Waals surface area contributed by atoms with Gasteiger partial charge in [0.25, 0.3) is 6.01 Å². The van der Waals surface area contributed by atoms with E-state index in [1.807, 2.05) is 27.4 Å². The van der Waals surface area contributed by atoms with Gasteiger partial charge < -0.3 is 24.7 Å². The van der Waals surface area contributed by atoms with Gasteiger partial charge in [-0.15, -0.1) is 0 Å². The molecule has 1 aliphatic heterocycles. The van der Waals surface area contributed by atoms with Crippen LogP contribution in [-0.4, -0.2) is 73.0 Å². The van der Waals surface area contributed by atoms with Crippen molar-refractivity contribution in [1.82, 2.24) is 34.2 Å². The number of rotatable bonds is 7. The van der Waals surface area contributed by atoms with Crippen LogP contribution in [0.5, 0.6) is 0 Å². The summed E-state index contributed by atoms with van der Waals surface area (Å²) < 4.78 is 12.4. The standard InChI is InChI=1S/C21H25N5O3.C5H5IN5P/c1-3-7-18-22-16-9-6-5-8-15(16)19(24-18)25-10-12-26(13-11-25)21-23-17(14-29-21)20(27)28-4-2;6-12-11-2-10-3-4(7)8-1-9-5(3)11/h5-6,8-9,14H,3-4,7,10-13H2,1-2H3;1-2,12H,(H2,7,8,9). The van der Waals surface area contributed by atoms with Crippen molar-refractivity contribution in [3.8, 4) is 0 Å². The highest BCUT2D eigenvalue weighted by atomic mass is 127. The number of aromatic nitrogens is 7. The van der Waals surface area contributed by atoms with Crippen LogP contribution in [-0.2, 0) is 11.2 Å². The molecule has 1 atom stereocenters. The van der Waals surface area contributed by atoms with Gasteiger partial charge in [-0.3, -0.25) is 4.34 Å². The zero-order valence-corrected chi connectivity index (χ0v) is 25.9. The first-order valence-corrected chi connectivity index (χ1v) is 17.3. The van der Waals surface area contributed by atoms with Crippen molar-refractivity contribution in [1.29, 1.82) is 0 Å². The zero-order valence-electron chi connectivity index (χ0n) is 22.7. The van der Waals surface area contributed by atoms with Crippen molar-refractivity contribution in [2.75, 3.05) is 48.3 Å². The number of aryl methyl sites for hydroxylation is 1. The lowest BCUT2D eigenvalue weighted by atomic mass is 10.2. The number of nitrogens with zero attached hydrogens (tertiary/aromatic N) is 9. The minimum atomic E-state index is -0.461. The highest BCUT2D eigenvalue weighted by Gasteiger charge is 2.24. The number of ether oxygens (including phenoxy) is 1. The van der Waals surface area contributed by atoms with E-state index in [9.17, 15) is 4.79 Å². The molecule has 0 spiro atoms. The molecule has 1 unspecified atom stereocenters. The topological polar surface area (TPSA) is 154 Å². The number of hydrogen-bond acceptors (Lipinski definition) is 12. The molecule has 214 valence electrons. The third-order valence-electron chi connectivity index (χ3n) is 6.38. The van der Waals surface area contributed by atoms with Gasteiger partial charge in [0.2, 0.25) is 0 Å². The molecular formula is C26H30IN10O3P. The van der Waals surface area contributed by atoms with Crippen molar-refractivity contribution in [3.63, 3.8) is 0 Å². The molecule has 2 N–H and O–H groups in total. The van der Waals surface area contributed by atoms with E-state index in [2.05, 4.69) is 59.9 Å². The molecule has 6 rings (SSSR count). The maximum absolute atomic E-state index is 11.8. The van der Waals surface area contributed by atoms with Crippen LogP contribution in [0, 0.1) is 0 Å². The number of carbonyl (C=O) groups excluding carboxylic acids is 1. The summed E-state index contributed by atoms with van der Waals surface area (Å²) in [5.41, 5.74) is 8.27. The monoisotopic (exact) mass is 688 g/mol. The normalized spacial score (nSPS) is 13.6. The Balaban J connectivity index is 0.000000234. The van der Waals surface area contributed by atoms with E-state index in [4.69, 9.17) is 24.9 Å². The van der Waals surface area contributed by atoms with Gasteiger partial charge in [0.05, 0.1) is 18.5 Å². The third-order valence-corrected chi connectivity index (χ3v) is 8.45. The largest absolute Gasteiger partial charge is 0.461 e. The highest BCUT2D eigenvalue weighted by Crippen LogP contribution is 2.29. The number of nitrogen functional groups attached to an aromatic ring is 1. The van der Waals surface area contributed by atoms with Crippen molar-refractivity contribution in [2.24, 2.45) is 0 Å². The van der Waals surface area contributed by atoms with Crippen LogP contribution >= 0.6 is 28.4 Å². The van der Waals surface area contributed by atoms with Crippen LogP contribution in [0.2, 0.25) is 0 Å². The minimum absolute atomic E-state index is 0.204. The number of imidazole rings is 1. The lowest BCUT2D eigenvalue weighted by Crippen LogP contribution is -2.47. The molecule has 5 heterocycles. The average molecular weight is 688 g/mol. The molecule has 1 aromatic carbocycles. The Bertz CT molecular complexity index is 1640. The van der Waals surface area contributed by atoms with E-state index < -0.39 is 5.97 Å². The smallest absolute Gasteiger partial charge is 0.360 e. The van der Waals surface area contributed by atoms with E-state index >= 15 is 0 Å². The van der Waals surface area contributed by atoms with E-state index in [1.54, 1.807) is 13.3 Å². The maximum Gasteiger partial charge on any atom is 0.360 e. The molecule has 0 saturated carbocycles. The number of esters is 1. The molecule has 13 nitrogen and oxygen atoms in total. The zero-order chi connectivity index (χ0) is 28.8. The Morgan fingerprint density at radius 2 is 1.85 bits per heavy atom. The molecule has 1 saturated heterocycles. The first kappa shape index (κ1) is 28.9.